The van der Waals surface area contributed by atoms with E-state index in [1.807, 2.05) is 0 Å². The Bertz CT molecular complexity index is 293. The lowest BCUT2D eigenvalue weighted by Crippen LogP contribution is -2.58. The van der Waals surface area contributed by atoms with Crippen LogP contribution in [0.2, 0.25) is 0 Å². The molecule has 0 aromatic heterocycles. The zero-order chi connectivity index (χ0) is 10.9. The van der Waals surface area contributed by atoms with Crippen molar-refractivity contribution in [2.24, 2.45) is 0 Å². The number of nitrogens with one attached hydrogen (secondary N) is 1. The lowest BCUT2D eigenvalue weighted by molar-refractivity contribution is 0.0780. The average molecular weight is 206 g/mol. The van der Waals surface area contributed by atoms with Gasteiger partial charge in [0, 0.05) is 31.2 Å². The van der Waals surface area contributed by atoms with Crippen molar-refractivity contribution in [3.8, 4) is 0 Å². The third-order valence-corrected chi connectivity index (χ3v) is 3.70. The first-order valence-corrected chi connectivity index (χ1v) is 5.95. The van der Waals surface area contributed by atoms with E-state index in [1.165, 1.54) is 5.57 Å². The highest BCUT2D eigenvalue weighted by Crippen LogP contribution is 2.29. The van der Waals surface area contributed by atoms with Crippen molar-refractivity contribution < 1.29 is 0 Å². The Labute approximate surface area is 93.0 Å². The molecule has 2 nitrogen and oxygen atoms in total. The zero-order valence-electron chi connectivity index (χ0n) is 10.1. The largest absolute Gasteiger partial charge is 0.314 e. The third-order valence-electron chi connectivity index (χ3n) is 3.70. The van der Waals surface area contributed by atoms with Crippen molar-refractivity contribution in [3.63, 3.8) is 0 Å². The second kappa shape index (κ2) is 4.11. The summed E-state index contributed by atoms with van der Waals surface area (Å²) in [5.41, 5.74) is 1.64. The van der Waals surface area contributed by atoms with Gasteiger partial charge in [-0.15, -0.1) is 0 Å². The molecular formula is C13H22N2. The van der Waals surface area contributed by atoms with Gasteiger partial charge < -0.3 is 5.32 Å². The van der Waals surface area contributed by atoms with Crippen LogP contribution in [0.25, 0.3) is 0 Å². The summed E-state index contributed by atoms with van der Waals surface area (Å²) < 4.78 is 0. The lowest BCUT2D eigenvalue weighted by Gasteiger charge is -2.46. The minimum atomic E-state index is 0.237. The maximum atomic E-state index is 3.45. The smallest absolute Gasteiger partial charge is 0.0404 e. The Balaban J connectivity index is 2.12. The van der Waals surface area contributed by atoms with Gasteiger partial charge in [-0.05, 0) is 27.2 Å². The molecule has 0 bridgehead atoms. The predicted molar refractivity (Wildman–Crippen MR) is 65.0 cm³/mol. The van der Waals surface area contributed by atoms with Gasteiger partial charge in [-0.2, -0.15) is 0 Å². The van der Waals surface area contributed by atoms with Crippen LogP contribution in [0.3, 0.4) is 0 Å². The fourth-order valence-corrected chi connectivity index (χ4v) is 2.63. The van der Waals surface area contributed by atoms with Crippen molar-refractivity contribution in [3.05, 3.63) is 23.8 Å². The Morgan fingerprint density at radius 3 is 2.93 bits per heavy atom. The van der Waals surface area contributed by atoms with Gasteiger partial charge in [0.25, 0.3) is 0 Å². The maximum absolute atomic E-state index is 3.45. The van der Waals surface area contributed by atoms with E-state index in [-0.39, 0.29) is 5.54 Å². The van der Waals surface area contributed by atoms with E-state index in [1.54, 1.807) is 0 Å². The van der Waals surface area contributed by atoms with Gasteiger partial charge in [-0.1, -0.05) is 23.8 Å². The molecule has 0 spiro atoms. The third kappa shape index (κ3) is 2.16. The van der Waals surface area contributed by atoms with E-state index in [9.17, 15) is 0 Å². The van der Waals surface area contributed by atoms with Crippen LogP contribution >= 0.6 is 0 Å². The van der Waals surface area contributed by atoms with Crippen LogP contribution in [0, 0.1) is 0 Å². The van der Waals surface area contributed by atoms with E-state index < -0.39 is 0 Å². The summed E-state index contributed by atoms with van der Waals surface area (Å²) in [6.45, 7) is 10.2. The summed E-state index contributed by atoms with van der Waals surface area (Å²) >= 11 is 0. The highest BCUT2D eigenvalue weighted by Gasteiger charge is 2.34. The van der Waals surface area contributed by atoms with Gasteiger partial charge in [0.1, 0.15) is 0 Å². The molecule has 1 aliphatic heterocycles. The van der Waals surface area contributed by atoms with Gasteiger partial charge in [0.2, 0.25) is 0 Å². The first kappa shape index (κ1) is 10.9. The maximum Gasteiger partial charge on any atom is 0.0404 e. The summed E-state index contributed by atoms with van der Waals surface area (Å²) in [4.78, 5) is 2.63. The van der Waals surface area contributed by atoms with E-state index in [2.05, 4.69) is 49.2 Å². The Morgan fingerprint density at radius 1 is 1.53 bits per heavy atom. The number of rotatable bonds is 1. The molecule has 2 unspecified atom stereocenters. The molecule has 1 saturated heterocycles. The van der Waals surface area contributed by atoms with Gasteiger partial charge in [-0.3, -0.25) is 4.90 Å². The summed E-state index contributed by atoms with van der Waals surface area (Å²) in [5, 5.41) is 3.45. The lowest BCUT2D eigenvalue weighted by atomic mass is 9.87. The second-order valence-corrected chi connectivity index (χ2v) is 5.09. The van der Waals surface area contributed by atoms with Crippen LogP contribution in [0.5, 0.6) is 0 Å². The Kier molecular flexibility index (Phi) is 2.98. The molecular weight excluding hydrogens is 184 g/mol. The second-order valence-electron chi connectivity index (χ2n) is 5.09. The monoisotopic (exact) mass is 206 g/mol. The van der Waals surface area contributed by atoms with Gasteiger partial charge >= 0.3 is 0 Å². The minimum absolute atomic E-state index is 0.237. The highest BCUT2D eigenvalue weighted by molar-refractivity contribution is 5.27. The molecule has 1 aliphatic carbocycles. The fraction of sp³-hybridized carbons (Fsp3) is 0.692. The molecule has 1 N–H and O–H groups in total. The van der Waals surface area contributed by atoms with Crippen molar-refractivity contribution >= 4 is 0 Å². The van der Waals surface area contributed by atoms with Crippen molar-refractivity contribution in [2.75, 3.05) is 19.6 Å². The molecule has 0 amide bonds. The molecule has 2 atom stereocenters. The molecule has 84 valence electrons. The SMILES string of the molecule is CC1=CCC(C)(N2CCNCC2C)C=C1. The molecule has 0 aromatic carbocycles. The van der Waals surface area contributed by atoms with Crippen LogP contribution in [-0.2, 0) is 0 Å². The van der Waals surface area contributed by atoms with Gasteiger partial charge in [0.15, 0.2) is 0 Å². The molecule has 0 aromatic rings. The van der Waals surface area contributed by atoms with Crippen LogP contribution in [-0.4, -0.2) is 36.1 Å². The van der Waals surface area contributed by atoms with Gasteiger partial charge in [-0.25, -0.2) is 0 Å². The first-order valence-electron chi connectivity index (χ1n) is 5.95. The number of hydrogen-bond acceptors (Lipinski definition) is 2. The molecule has 0 radical (unpaired) electrons. The van der Waals surface area contributed by atoms with E-state index in [0.717, 1.165) is 26.1 Å². The standard InChI is InChI=1S/C13H22N2/c1-11-4-6-13(3,7-5-11)15-9-8-14-10-12(15)2/h4-6,12,14H,7-10H2,1-3H3. The van der Waals surface area contributed by atoms with E-state index in [4.69, 9.17) is 0 Å². The Hall–Kier alpha value is -0.600. The van der Waals surface area contributed by atoms with Crippen LogP contribution in [0.1, 0.15) is 27.2 Å². The molecule has 2 aliphatic rings. The molecule has 1 fully saturated rings. The normalized spacial score (nSPS) is 37.8. The average Bonchev–Trinajstić information content (AvgIpc) is 2.23. The molecule has 0 saturated carbocycles. The molecule has 2 rings (SSSR count). The van der Waals surface area contributed by atoms with Crippen molar-refractivity contribution in [2.45, 2.75) is 38.8 Å². The Morgan fingerprint density at radius 2 is 2.33 bits per heavy atom. The zero-order valence-corrected chi connectivity index (χ0v) is 10.1. The topological polar surface area (TPSA) is 15.3 Å². The van der Waals surface area contributed by atoms with Crippen molar-refractivity contribution in [1.29, 1.82) is 0 Å². The highest BCUT2D eigenvalue weighted by atomic mass is 15.3. The van der Waals surface area contributed by atoms with Crippen LogP contribution < -0.4 is 5.32 Å². The summed E-state index contributed by atoms with van der Waals surface area (Å²) in [6, 6.07) is 0.639. The summed E-state index contributed by atoms with van der Waals surface area (Å²) in [7, 11) is 0. The molecule has 2 heteroatoms. The number of nitrogens with zero attached hydrogens (tertiary/aromatic N) is 1. The van der Waals surface area contributed by atoms with Crippen molar-refractivity contribution in [1.82, 2.24) is 10.2 Å². The fourth-order valence-electron chi connectivity index (χ4n) is 2.63. The first-order chi connectivity index (χ1) is 7.12. The summed E-state index contributed by atoms with van der Waals surface area (Å²) in [5.74, 6) is 0. The molecule has 15 heavy (non-hydrogen) atoms. The van der Waals surface area contributed by atoms with Crippen LogP contribution in [0.15, 0.2) is 23.8 Å². The number of piperazine rings is 1. The van der Waals surface area contributed by atoms with E-state index in [0.29, 0.717) is 6.04 Å². The minimum Gasteiger partial charge on any atom is -0.314 e. The molecule has 1 heterocycles. The van der Waals surface area contributed by atoms with E-state index >= 15 is 0 Å². The quantitative estimate of drug-likeness (QED) is 0.705. The number of allylic oxidation sites excluding steroid dienone is 2. The predicted octanol–water partition coefficient (Wildman–Crippen LogP) is 1.95. The van der Waals surface area contributed by atoms with Crippen LogP contribution in [0.4, 0.5) is 0 Å². The van der Waals surface area contributed by atoms with Gasteiger partial charge in [0.05, 0.1) is 0 Å². The summed E-state index contributed by atoms with van der Waals surface area (Å²) in [6.07, 6.45) is 8.15. The number of hydrogen-bond donors (Lipinski definition) is 1.